The number of hydrogen-bond donors (Lipinski definition) is 3. The van der Waals surface area contributed by atoms with Crippen LogP contribution in [-0.4, -0.2) is 57.1 Å². The van der Waals surface area contributed by atoms with Crippen LogP contribution in [0.25, 0.3) is 0 Å². The third-order valence-electron chi connectivity index (χ3n) is 4.14. The van der Waals surface area contributed by atoms with E-state index in [1.54, 1.807) is 6.07 Å². The second kappa shape index (κ2) is 12.5. The van der Waals surface area contributed by atoms with Crippen LogP contribution in [0.5, 0.6) is 0 Å². The number of ether oxygens (including phenoxy) is 2. The topological polar surface area (TPSA) is 75.1 Å². The number of guanidine groups is 1. The lowest BCUT2D eigenvalue weighted by Gasteiger charge is -2.21. The number of nitrogens with one attached hydrogen (secondary N) is 2. The van der Waals surface area contributed by atoms with Crippen LogP contribution >= 0.6 is 22.9 Å². The Balaban J connectivity index is 1.61. The summed E-state index contributed by atoms with van der Waals surface area (Å²) in [5.41, 5.74) is 0. The van der Waals surface area contributed by atoms with Crippen LogP contribution in [0.2, 0.25) is 4.34 Å². The average molecular weight is 404 g/mol. The molecule has 3 N–H and O–H groups in total. The Morgan fingerprint density at radius 1 is 1.42 bits per heavy atom. The summed E-state index contributed by atoms with van der Waals surface area (Å²) in [4.78, 5) is 5.27. The molecule has 0 saturated carbocycles. The maximum absolute atomic E-state index is 10.2. The van der Waals surface area contributed by atoms with E-state index >= 15 is 0 Å². The van der Waals surface area contributed by atoms with Gasteiger partial charge in [0.25, 0.3) is 0 Å². The Bertz CT molecular complexity index is 536. The van der Waals surface area contributed by atoms with Crippen molar-refractivity contribution in [3.05, 3.63) is 21.3 Å². The number of halogens is 1. The minimum atomic E-state index is -0.634. The molecule has 148 valence electrons. The van der Waals surface area contributed by atoms with Gasteiger partial charge in [0.1, 0.15) is 6.10 Å². The van der Waals surface area contributed by atoms with Crippen molar-refractivity contribution >= 4 is 28.9 Å². The van der Waals surface area contributed by atoms with Crippen molar-refractivity contribution in [3.63, 3.8) is 0 Å². The zero-order valence-electron chi connectivity index (χ0n) is 15.4. The van der Waals surface area contributed by atoms with E-state index < -0.39 is 6.10 Å². The predicted molar refractivity (Wildman–Crippen MR) is 107 cm³/mol. The van der Waals surface area contributed by atoms with Gasteiger partial charge < -0.3 is 25.2 Å². The first-order valence-electron chi connectivity index (χ1n) is 9.30. The Kier molecular flexibility index (Phi) is 10.3. The molecule has 0 aliphatic carbocycles. The molecule has 6 nitrogen and oxygen atoms in total. The highest BCUT2D eigenvalue weighted by Crippen LogP contribution is 2.26. The van der Waals surface area contributed by atoms with Crippen molar-refractivity contribution in [2.24, 2.45) is 10.9 Å². The number of nitrogens with zero attached hydrogens (tertiary/aromatic N) is 1. The van der Waals surface area contributed by atoms with Gasteiger partial charge in [-0.15, -0.1) is 11.3 Å². The maximum Gasteiger partial charge on any atom is 0.191 e. The Hall–Kier alpha value is -0.860. The number of hydrogen-bond acceptors (Lipinski definition) is 5. The molecule has 0 spiro atoms. The van der Waals surface area contributed by atoms with E-state index in [-0.39, 0.29) is 0 Å². The van der Waals surface area contributed by atoms with Crippen LogP contribution in [0.3, 0.4) is 0 Å². The van der Waals surface area contributed by atoms with Crippen LogP contribution in [0.4, 0.5) is 0 Å². The van der Waals surface area contributed by atoms with Crippen LogP contribution < -0.4 is 10.6 Å². The zero-order valence-corrected chi connectivity index (χ0v) is 17.0. The van der Waals surface area contributed by atoms with Gasteiger partial charge in [-0.25, -0.2) is 0 Å². The molecule has 2 rings (SSSR count). The van der Waals surface area contributed by atoms with E-state index in [2.05, 4.69) is 15.6 Å². The van der Waals surface area contributed by atoms with E-state index in [1.165, 1.54) is 11.3 Å². The lowest BCUT2D eigenvalue weighted by molar-refractivity contribution is 0.0203. The molecule has 8 heteroatoms. The second-order valence-electron chi connectivity index (χ2n) is 6.29. The molecule has 0 amide bonds. The molecular weight excluding hydrogens is 374 g/mol. The third kappa shape index (κ3) is 8.22. The van der Waals surface area contributed by atoms with Crippen LogP contribution in [-0.2, 0) is 9.47 Å². The normalized spacial score (nSPS) is 17.3. The van der Waals surface area contributed by atoms with E-state index in [1.807, 2.05) is 13.0 Å². The van der Waals surface area contributed by atoms with Gasteiger partial charge in [0, 0.05) is 44.4 Å². The fraction of sp³-hybridized carbons (Fsp3) is 0.722. The van der Waals surface area contributed by atoms with Crippen molar-refractivity contribution in [1.82, 2.24) is 10.6 Å². The zero-order chi connectivity index (χ0) is 18.6. The largest absolute Gasteiger partial charge is 0.386 e. The molecule has 1 aliphatic heterocycles. The SMILES string of the molecule is CCNC(=NCC(O)c1ccc(Cl)s1)NCCCOCC1CCOCC1. The average Bonchev–Trinajstić information content (AvgIpc) is 3.09. The van der Waals surface area contributed by atoms with Crippen molar-refractivity contribution in [2.75, 3.05) is 46.1 Å². The standard InChI is InChI=1S/C18H30ClN3O3S/c1-2-20-18(22-12-15(23)16-4-5-17(19)26-16)21-8-3-9-25-13-14-6-10-24-11-7-14/h4-5,14-15,23H,2-3,6-13H2,1H3,(H2,20,21,22). The van der Waals surface area contributed by atoms with Crippen LogP contribution in [0.15, 0.2) is 17.1 Å². The summed E-state index contributed by atoms with van der Waals surface area (Å²) in [5, 5.41) is 16.6. The molecule has 1 unspecified atom stereocenters. The Morgan fingerprint density at radius 2 is 2.23 bits per heavy atom. The van der Waals surface area contributed by atoms with Gasteiger partial charge in [-0.1, -0.05) is 11.6 Å². The number of aliphatic hydroxyl groups is 1. The van der Waals surface area contributed by atoms with Gasteiger partial charge >= 0.3 is 0 Å². The van der Waals surface area contributed by atoms with Gasteiger partial charge in [0.2, 0.25) is 0 Å². The first-order chi connectivity index (χ1) is 12.7. The summed E-state index contributed by atoms with van der Waals surface area (Å²) in [7, 11) is 0. The highest BCUT2D eigenvalue weighted by atomic mass is 35.5. The fourth-order valence-electron chi connectivity index (χ4n) is 2.66. The minimum Gasteiger partial charge on any atom is -0.386 e. The van der Waals surface area contributed by atoms with Crippen LogP contribution in [0.1, 0.15) is 37.2 Å². The minimum absolute atomic E-state index is 0.298. The number of rotatable bonds is 10. The number of thiophene rings is 1. The molecule has 1 fully saturated rings. The molecule has 1 aliphatic rings. The van der Waals surface area contributed by atoms with Crippen molar-refractivity contribution in [3.8, 4) is 0 Å². The smallest absolute Gasteiger partial charge is 0.191 e. The summed E-state index contributed by atoms with van der Waals surface area (Å²) in [5.74, 6) is 1.35. The highest BCUT2D eigenvalue weighted by Gasteiger charge is 2.13. The van der Waals surface area contributed by atoms with Gasteiger partial charge in [0.05, 0.1) is 10.9 Å². The molecule has 1 saturated heterocycles. The summed E-state index contributed by atoms with van der Waals surface area (Å²) in [6.45, 7) is 7.15. The monoisotopic (exact) mass is 403 g/mol. The van der Waals surface area contributed by atoms with Gasteiger partial charge in [-0.2, -0.15) is 0 Å². The molecular formula is C18H30ClN3O3S. The van der Waals surface area contributed by atoms with Crippen molar-refractivity contribution in [2.45, 2.75) is 32.3 Å². The number of aliphatic imine (C=N–C) groups is 1. The molecule has 1 atom stereocenters. The molecule has 1 aromatic heterocycles. The Morgan fingerprint density at radius 3 is 2.92 bits per heavy atom. The van der Waals surface area contributed by atoms with Crippen molar-refractivity contribution < 1.29 is 14.6 Å². The molecule has 0 bridgehead atoms. The van der Waals surface area contributed by atoms with E-state index in [0.29, 0.717) is 22.8 Å². The Labute approximate surface area is 164 Å². The molecule has 0 radical (unpaired) electrons. The summed E-state index contributed by atoms with van der Waals surface area (Å²) >= 11 is 7.29. The van der Waals surface area contributed by atoms with E-state index in [9.17, 15) is 5.11 Å². The lowest BCUT2D eigenvalue weighted by atomic mass is 10.0. The molecule has 0 aromatic carbocycles. The maximum atomic E-state index is 10.2. The lowest BCUT2D eigenvalue weighted by Crippen LogP contribution is -2.38. The first-order valence-corrected chi connectivity index (χ1v) is 10.5. The fourth-order valence-corrected chi connectivity index (χ4v) is 3.70. The number of aliphatic hydroxyl groups excluding tert-OH is 1. The summed E-state index contributed by atoms with van der Waals surface area (Å²) in [6.07, 6.45) is 2.49. The molecule has 26 heavy (non-hydrogen) atoms. The quantitative estimate of drug-likeness (QED) is 0.318. The van der Waals surface area contributed by atoms with Gasteiger partial charge in [-0.05, 0) is 44.2 Å². The van der Waals surface area contributed by atoms with Gasteiger partial charge in [-0.3, -0.25) is 4.99 Å². The highest BCUT2D eigenvalue weighted by molar-refractivity contribution is 7.16. The third-order valence-corrected chi connectivity index (χ3v) is 5.47. The summed E-state index contributed by atoms with van der Waals surface area (Å²) in [6, 6.07) is 3.63. The van der Waals surface area contributed by atoms with E-state index in [4.69, 9.17) is 21.1 Å². The van der Waals surface area contributed by atoms with Crippen LogP contribution in [0, 0.1) is 5.92 Å². The molecule has 1 aromatic rings. The van der Waals surface area contributed by atoms with E-state index in [0.717, 1.165) is 63.7 Å². The first kappa shape index (κ1) is 21.4. The van der Waals surface area contributed by atoms with Gasteiger partial charge in [0.15, 0.2) is 5.96 Å². The summed E-state index contributed by atoms with van der Waals surface area (Å²) < 4.78 is 11.8. The van der Waals surface area contributed by atoms with Crippen molar-refractivity contribution in [1.29, 1.82) is 0 Å². The molecule has 2 heterocycles. The predicted octanol–water partition coefficient (Wildman–Crippen LogP) is 2.82. The second-order valence-corrected chi connectivity index (χ2v) is 8.03.